The van der Waals surface area contributed by atoms with Crippen LogP contribution in [0, 0.1) is 11.3 Å². The standard InChI is InChI=1S/C22H33N3O3/c1-5-28-19-8-6-18(7-9-19)25-14-17(11-20(25)26)24-21(27)23-16-10-15(2)12-22(3,4)13-16/h6-9,15-17H,5,10-14H2,1-4H3,(H2,23,24,27)/t15-,16-,17+/m0/s1. The summed E-state index contributed by atoms with van der Waals surface area (Å²) >= 11 is 0. The highest BCUT2D eigenvalue weighted by Gasteiger charge is 2.34. The molecule has 0 unspecified atom stereocenters. The lowest BCUT2D eigenvalue weighted by molar-refractivity contribution is -0.117. The largest absolute Gasteiger partial charge is 0.494 e. The van der Waals surface area contributed by atoms with Crippen LogP contribution >= 0.6 is 0 Å². The minimum Gasteiger partial charge on any atom is -0.494 e. The Hall–Kier alpha value is -2.24. The highest BCUT2D eigenvalue weighted by Crippen LogP contribution is 2.38. The Morgan fingerprint density at radius 1 is 1.18 bits per heavy atom. The molecule has 1 saturated heterocycles. The number of urea groups is 1. The molecule has 154 valence electrons. The molecular weight excluding hydrogens is 354 g/mol. The third-order valence-corrected chi connectivity index (χ3v) is 5.64. The van der Waals surface area contributed by atoms with E-state index in [4.69, 9.17) is 4.74 Å². The molecule has 1 aromatic rings. The summed E-state index contributed by atoms with van der Waals surface area (Å²) in [5, 5.41) is 6.12. The molecule has 28 heavy (non-hydrogen) atoms. The van der Waals surface area contributed by atoms with Crippen molar-refractivity contribution in [2.45, 2.75) is 65.5 Å². The molecule has 0 bridgehead atoms. The van der Waals surface area contributed by atoms with Crippen LogP contribution in [0.25, 0.3) is 0 Å². The summed E-state index contributed by atoms with van der Waals surface area (Å²) in [6.07, 6.45) is 3.53. The van der Waals surface area contributed by atoms with Gasteiger partial charge in [-0.25, -0.2) is 4.79 Å². The van der Waals surface area contributed by atoms with Crippen LogP contribution in [-0.2, 0) is 4.79 Å². The van der Waals surface area contributed by atoms with Crippen molar-refractivity contribution in [1.82, 2.24) is 10.6 Å². The van der Waals surface area contributed by atoms with Crippen molar-refractivity contribution in [2.75, 3.05) is 18.1 Å². The first-order valence-electron chi connectivity index (χ1n) is 10.4. The number of hydrogen-bond donors (Lipinski definition) is 2. The first-order chi connectivity index (χ1) is 13.3. The van der Waals surface area contributed by atoms with Gasteiger partial charge in [0.2, 0.25) is 5.91 Å². The SMILES string of the molecule is CCOc1ccc(N2C[C@H](NC(=O)N[C@H]3C[C@H](C)CC(C)(C)C3)CC2=O)cc1. The van der Waals surface area contributed by atoms with Crippen molar-refractivity contribution >= 4 is 17.6 Å². The highest BCUT2D eigenvalue weighted by molar-refractivity contribution is 5.96. The third-order valence-electron chi connectivity index (χ3n) is 5.64. The molecule has 0 spiro atoms. The van der Waals surface area contributed by atoms with E-state index in [1.807, 2.05) is 31.2 Å². The number of hydrogen-bond acceptors (Lipinski definition) is 3. The van der Waals surface area contributed by atoms with Gasteiger partial charge < -0.3 is 20.3 Å². The predicted octanol–water partition coefficient (Wildman–Crippen LogP) is 3.70. The van der Waals surface area contributed by atoms with Crippen molar-refractivity contribution in [3.8, 4) is 5.75 Å². The van der Waals surface area contributed by atoms with Gasteiger partial charge in [0.05, 0.1) is 12.6 Å². The lowest BCUT2D eigenvalue weighted by atomic mass is 9.71. The second kappa shape index (κ2) is 8.41. The quantitative estimate of drug-likeness (QED) is 0.809. The number of anilines is 1. The predicted molar refractivity (Wildman–Crippen MR) is 111 cm³/mol. The summed E-state index contributed by atoms with van der Waals surface area (Å²) in [4.78, 5) is 26.6. The number of nitrogens with zero attached hydrogens (tertiary/aromatic N) is 1. The molecule has 3 amide bonds. The molecule has 0 radical (unpaired) electrons. The van der Waals surface area contributed by atoms with E-state index >= 15 is 0 Å². The zero-order valence-corrected chi connectivity index (χ0v) is 17.5. The van der Waals surface area contributed by atoms with Crippen LogP contribution in [0.1, 0.15) is 53.4 Å². The maximum Gasteiger partial charge on any atom is 0.315 e. The van der Waals surface area contributed by atoms with Crippen LogP contribution in [-0.4, -0.2) is 37.2 Å². The lowest BCUT2D eigenvalue weighted by Crippen LogP contribution is -2.50. The fourth-order valence-electron chi connectivity index (χ4n) is 4.81. The summed E-state index contributed by atoms with van der Waals surface area (Å²) in [6, 6.07) is 7.36. The van der Waals surface area contributed by atoms with E-state index in [0.717, 1.165) is 24.3 Å². The Balaban J connectivity index is 1.53. The maximum absolute atomic E-state index is 12.5. The van der Waals surface area contributed by atoms with Crippen molar-refractivity contribution in [3.63, 3.8) is 0 Å². The van der Waals surface area contributed by atoms with E-state index < -0.39 is 0 Å². The topological polar surface area (TPSA) is 70.7 Å². The maximum atomic E-state index is 12.5. The Morgan fingerprint density at radius 2 is 1.86 bits per heavy atom. The van der Waals surface area contributed by atoms with Crippen LogP contribution in [0.3, 0.4) is 0 Å². The Labute approximate surface area is 168 Å². The summed E-state index contributed by atoms with van der Waals surface area (Å²) < 4.78 is 5.45. The van der Waals surface area contributed by atoms with Crippen molar-refractivity contribution in [1.29, 1.82) is 0 Å². The van der Waals surface area contributed by atoms with Gasteiger partial charge in [-0.1, -0.05) is 20.8 Å². The van der Waals surface area contributed by atoms with Crippen molar-refractivity contribution in [2.24, 2.45) is 11.3 Å². The van der Waals surface area contributed by atoms with Gasteiger partial charge in [0.1, 0.15) is 5.75 Å². The normalized spacial score (nSPS) is 26.8. The van der Waals surface area contributed by atoms with Crippen molar-refractivity contribution < 1.29 is 14.3 Å². The Kier molecular flexibility index (Phi) is 6.16. The number of nitrogens with one attached hydrogen (secondary N) is 2. The van der Waals surface area contributed by atoms with Crippen LogP contribution < -0.4 is 20.3 Å². The summed E-state index contributed by atoms with van der Waals surface area (Å²) in [5.74, 6) is 1.43. The Morgan fingerprint density at radius 3 is 2.50 bits per heavy atom. The molecule has 0 aromatic heterocycles. The number of carbonyl (C=O) groups excluding carboxylic acids is 2. The molecule has 1 saturated carbocycles. The average molecular weight is 388 g/mol. The zero-order chi connectivity index (χ0) is 20.3. The fourth-order valence-corrected chi connectivity index (χ4v) is 4.81. The molecule has 2 aliphatic rings. The van der Waals surface area contributed by atoms with E-state index in [9.17, 15) is 9.59 Å². The molecule has 1 aromatic carbocycles. The molecule has 2 N–H and O–H groups in total. The number of ether oxygens (including phenoxy) is 1. The first kappa shape index (κ1) is 20.5. The third kappa shape index (κ3) is 5.18. The second-order valence-electron chi connectivity index (χ2n) is 9.06. The van der Waals surface area contributed by atoms with E-state index in [2.05, 4.69) is 31.4 Å². The molecule has 1 aliphatic carbocycles. The monoisotopic (exact) mass is 387 g/mol. The van der Waals surface area contributed by atoms with Gasteiger partial charge in [-0.15, -0.1) is 0 Å². The van der Waals surface area contributed by atoms with E-state index in [1.165, 1.54) is 6.42 Å². The van der Waals surface area contributed by atoms with Crippen LogP contribution in [0.4, 0.5) is 10.5 Å². The van der Waals surface area contributed by atoms with E-state index in [-0.39, 0.29) is 29.4 Å². The number of benzene rings is 1. The molecule has 6 heteroatoms. The molecule has 3 atom stereocenters. The molecule has 2 fully saturated rings. The number of rotatable bonds is 5. The van der Waals surface area contributed by atoms with E-state index in [0.29, 0.717) is 25.5 Å². The summed E-state index contributed by atoms with van der Waals surface area (Å²) in [6.45, 7) is 9.82. The molecule has 3 rings (SSSR count). The molecular formula is C22H33N3O3. The second-order valence-corrected chi connectivity index (χ2v) is 9.06. The minimum absolute atomic E-state index is 0.0295. The molecule has 1 aliphatic heterocycles. The first-order valence-corrected chi connectivity index (χ1v) is 10.4. The Bertz CT molecular complexity index is 701. The van der Waals surface area contributed by atoms with E-state index in [1.54, 1.807) is 4.90 Å². The summed E-state index contributed by atoms with van der Waals surface area (Å²) in [5.41, 5.74) is 1.09. The van der Waals surface area contributed by atoms with Crippen molar-refractivity contribution in [3.05, 3.63) is 24.3 Å². The molecule has 1 heterocycles. The zero-order valence-electron chi connectivity index (χ0n) is 17.5. The number of carbonyl (C=O) groups is 2. The van der Waals surface area contributed by atoms with Gasteiger partial charge in [-0.2, -0.15) is 0 Å². The van der Waals surface area contributed by atoms with Gasteiger partial charge in [0.25, 0.3) is 0 Å². The minimum atomic E-state index is -0.173. The number of amides is 3. The summed E-state index contributed by atoms with van der Waals surface area (Å²) in [7, 11) is 0. The highest BCUT2D eigenvalue weighted by atomic mass is 16.5. The van der Waals surface area contributed by atoms with Gasteiger partial charge in [0.15, 0.2) is 0 Å². The lowest BCUT2D eigenvalue weighted by Gasteiger charge is -2.39. The van der Waals surface area contributed by atoms with Gasteiger partial charge in [-0.05, 0) is 61.8 Å². The average Bonchev–Trinajstić information content (AvgIpc) is 2.94. The smallest absolute Gasteiger partial charge is 0.315 e. The van der Waals surface area contributed by atoms with Gasteiger partial charge in [0, 0.05) is 24.7 Å². The van der Waals surface area contributed by atoms with Gasteiger partial charge in [-0.3, -0.25) is 4.79 Å². The van der Waals surface area contributed by atoms with Crippen LogP contribution in [0.15, 0.2) is 24.3 Å². The fraction of sp³-hybridized carbons (Fsp3) is 0.636. The molecule has 6 nitrogen and oxygen atoms in total. The van der Waals surface area contributed by atoms with Gasteiger partial charge >= 0.3 is 6.03 Å². The van der Waals surface area contributed by atoms with Crippen LogP contribution in [0.2, 0.25) is 0 Å². The van der Waals surface area contributed by atoms with Crippen LogP contribution in [0.5, 0.6) is 5.75 Å².